The molecule has 29 heavy (non-hydrogen) atoms. The first kappa shape index (κ1) is 21.5. The van der Waals surface area contributed by atoms with Crippen LogP contribution >= 0.6 is 0 Å². The van der Waals surface area contributed by atoms with Crippen molar-refractivity contribution in [1.29, 1.82) is 0 Å². The molecule has 0 radical (unpaired) electrons. The molecule has 0 saturated carbocycles. The zero-order chi connectivity index (χ0) is 21.0. The Morgan fingerprint density at radius 3 is 2.24 bits per heavy atom. The summed E-state index contributed by atoms with van der Waals surface area (Å²) in [5.74, 6) is -1.29. The van der Waals surface area contributed by atoms with Gasteiger partial charge in [-0.3, -0.25) is 4.79 Å². The maximum Gasteiger partial charge on any atom is 0.255 e. The maximum atomic E-state index is 14.4. The van der Waals surface area contributed by atoms with Crippen LogP contribution in [0, 0.1) is 5.82 Å². The molecular formula is C22H27FN2O3S. The molecule has 0 unspecified atom stereocenters. The molecule has 7 heteroatoms. The Kier molecular flexibility index (Phi) is 6.70. The number of para-hydroxylation sites is 1. The summed E-state index contributed by atoms with van der Waals surface area (Å²) in [4.78, 5) is 12.4. The van der Waals surface area contributed by atoms with Crippen molar-refractivity contribution in [2.24, 2.45) is 0 Å². The van der Waals surface area contributed by atoms with E-state index < -0.39 is 26.6 Å². The Morgan fingerprint density at radius 2 is 1.66 bits per heavy atom. The Bertz CT molecular complexity index is 977. The molecule has 3 rings (SSSR count). The minimum absolute atomic E-state index is 0.120. The number of piperidine rings is 1. The van der Waals surface area contributed by atoms with Gasteiger partial charge in [-0.25, -0.2) is 12.8 Å². The van der Waals surface area contributed by atoms with Crippen molar-refractivity contribution in [1.82, 2.24) is 4.31 Å². The molecule has 1 aliphatic rings. The van der Waals surface area contributed by atoms with Gasteiger partial charge >= 0.3 is 0 Å². The third-order valence-corrected chi connectivity index (χ3v) is 7.28. The molecule has 1 N–H and O–H groups in total. The molecule has 1 heterocycles. The third-order valence-electron chi connectivity index (χ3n) is 5.36. The van der Waals surface area contributed by atoms with Gasteiger partial charge in [0.15, 0.2) is 0 Å². The van der Waals surface area contributed by atoms with Crippen LogP contribution in [0.15, 0.2) is 41.3 Å². The van der Waals surface area contributed by atoms with Gasteiger partial charge in [-0.1, -0.05) is 38.5 Å². The van der Waals surface area contributed by atoms with Crippen molar-refractivity contribution in [3.63, 3.8) is 0 Å². The number of aryl methyl sites for hydroxylation is 2. The zero-order valence-electron chi connectivity index (χ0n) is 16.9. The van der Waals surface area contributed by atoms with Gasteiger partial charge in [0.2, 0.25) is 10.0 Å². The number of anilines is 1. The summed E-state index contributed by atoms with van der Waals surface area (Å²) in [7, 11) is -3.97. The summed E-state index contributed by atoms with van der Waals surface area (Å²) in [6.07, 6.45) is 3.99. The monoisotopic (exact) mass is 418 g/mol. The molecule has 2 aromatic carbocycles. The van der Waals surface area contributed by atoms with E-state index in [1.807, 2.05) is 32.0 Å². The van der Waals surface area contributed by atoms with E-state index in [0.717, 1.165) is 61.1 Å². The van der Waals surface area contributed by atoms with E-state index in [2.05, 4.69) is 5.32 Å². The molecule has 156 valence electrons. The fraction of sp³-hybridized carbons (Fsp3) is 0.409. The molecular weight excluding hydrogens is 391 g/mol. The molecule has 0 aliphatic carbocycles. The minimum Gasteiger partial charge on any atom is -0.321 e. The summed E-state index contributed by atoms with van der Waals surface area (Å²) in [5, 5.41) is 2.91. The SMILES string of the molecule is CCc1cccc(CC)c1NC(=O)c1ccc(F)c(S(=O)(=O)N2CCCCC2)c1. The van der Waals surface area contributed by atoms with E-state index in [1.165, 1.54) is 10.4 Å². The Labute approximate surface area is 172 Å². The lowest BCUT2D eigenvalue weighted by Crippen LogP contribution is -2.36. The number of halogens is 1. The van der Waals surface area contributed by atoms with Gasteiger partial charge in [-0.15, -0.1) is 0 Å². The molecule has 2 aromatic rings. The molecule has 1 aliphatic heterocycles. The quantitative estimate of drug-likeness (QED) is 0.757. The molecule has 0 atom stereocenters. The molecule has 0 bridgehead atoms. The summed E-state index contributed by atoms with van der Waals surface area (Å²) in [6.45, 7) is 4.76. The second-order valence-corrected chi connectivity index (χ2v) is 9.13. The summed E-state index contributed by atoms with van der Waals surface area (Å²) >= 11 is 0. The Balaban J connectivity index is 1.93. The largest absolute Gasteiger partial charge is 0.321 e. The third kappa shape index (κ3) is 4.51. The van der Waals surface area contributed by atoms with Crippen molar-refractivity contribution < 1.29 is 17.6 Å². The van der Waals surface area contributed by atoms with E-state index in [4.69, 9.17) is 0 Å². The first-order chi connectivity index (χ1) is 13.9. The number of amides is 1. The number of sulfonamides is 1. The zero-order valence-corrected chi connectivity index (χ0v) is 17.7. The van der Waals surface area contributed by atoms with Gasteiger partial charge in [0, 0.05) is 24.3 Å². The molecule has 5 nitrogen and oxygen atoms in total. The van der Waals surface area contributed by atoms with Crippen molar-refractivity contribution in [3.05, 3.63) is 58.9 Å². The topological polar surface area (TPSA) is 66.5 Å². The van der Waals surface area contributed by atoms with Gasteiger partial charge < -0.3 is 5.32 Å². The van der Waals surface area contributed by atoms with Crippen LogP contribution in [0.3, 0.4) is 0 Å². The second-order valence-electron chi connectivity index (χ2n) is 7.22. The lowest BCUT2D eigenvalue weighted by molar-refractivity contribution is 0.102. The number of nitrogens with one attached hydrogen (secondary N) is 1. The van der Waals surface area contributed by atoms with E-state index >= 15 is 0 Å². The van der Waals surface area contributed by atoms with Crippen LogP contribution in [0.1, 0.15) is 54.6 Å². The van der Waals surface area contributed by atoms with Crippen LogP contribution in [-0.2, 0) is 22.9 Å². The molecule has 0 spiro atoms. The van der Waals surface area contributed by atoms with Gasteiger partial charge in [-0.05, 0) is 55.0 Å². The first-order valence-corrected chi connectivity index (χ1v) is 11.5. The van der Waals surface area contributed by atoms with Crippen LogP contribution in [0.5, 0.6) is 0 Å². The smallest absolute Gasteiger partial charge is 0.255 e. The highest BCUT2D eigenvalue weighted by atomic mass is 32.2. The maximum absolute atomic E-state index is 14.4. The highest BCUT2D eigenvalue weighted by Crippen LogP contribution is 2.26. The van der Waals surface area contributed by atoms with Crippen LogP contribution < -0.4 is 5.32 Å². The average molecular weight is 419 g/mol. The summed E-state index contributed by atoms with van der Waals surface area (Å²) < 4.78 is 41.5. The number of hydrogen-bond acceptors (Lipinski definition) is 3. The van der Waals surface area contributed by atoms with Gasteiger partial charge in [0.25, 0.3) is 5.91 Å². The molecule has 1 amide bonds. The van der Waals surface area contributed by atoms with Crippen molar-refractivity contribution in [2.45, 2.75) is 50.8 Å². The van der Waals surface area contributed by atoms with E-state index in [9.17, 15) is 17.6 Å². The number of carbonyl (C=O) groups excluding carboxylic acids is 1. The fourth-order valence-electron chi connectivity index (χ4n) is 3.68. The Hall–Kier alpha value is -2.25. The summed E-state index contributed by atoms with van der Waals surface area (Å²) in [5.41, 5.74) is 2.86. The lowest BCUT2D eigenvalue weighted by Gasteiger charge is -2.26. The normalized spacial score (nSPS) is 15.3. The first-order valence-electron chi connectivity index (χ1n) is 10.1. The molecule has 1 saturated heterocycles. The Morgan fingerprint density at radius 1 is 1.03 bits per heavy atom. The van der Waals surface area contributed by atoms with Crippen LogP contribution in [0.25, 0.3) is 0 Å². The predicted molar refractivity (Wildman–Crippen MR) is 112 cm³/mol. The lowest BCUT2D eigenvalue weighted by atomic mass is 10.0. The van der Waals surface area contributed by atoms with Crippen LogP contribution in [-0.4, -0.2) is 31.7 Å². The highest BCUT2D eigenvalue weighted by molar-refractivity contribution is 7.89. The highest BCUT2D eigenvalue weighted by Gasteiger charge is 2.29. The van der Waals surface area contributed by atoms with E-state index in [1.54, 1.807) is 0 Å². The standard InChI is InChI=1S/C22H27FN2O3S/c1-3-16-9-8-10-17(4-2)21(16)24-22(26)18-11-12-19(23)20(15-18)29(27,28)25-13-6-5-7-14-25/h8-12,15H,3-7,13-14H2,1-2H3,(H,24,26). The van der Waals surface area contributed by atoms with Gasteiger partial charge in [0.1, 0.15) is 10.7 Å². The number of rotatable bonds is 6. The number of nitrogens with zero attached hydrogens (tertiary/aromatic N) is 1. The van der Waals surface area contributed by atoms with E-state index in [0.29, 0.717) is 13.1 Å². The van der Waals surface area contributed by atoms with Crippen molar-refractivity contribution in [2.75, 3.05) is 18.4 Å². The van der Waals surface area contributed by atoms with Crippen LogP contribution in [0.2, 0.25) is 0 Å². The van der Waals surface area contributed by atoms with Gasteiger partial charge in [-0.2, -0.15) is 4.31 Å². The van der Waals surface area contributed by atoms with Crippen molar-refractivity contribution in [3.8, 4) is 0 Å². The van der Waals surface area contributed by atoms with Gasteiger partial charge in [0.05, 0.1) is 0 Å². The van der Waals surface area contributed by atoms with E-state index in [-0.39, 0.29) is 5.56 Å². The number of carbonyl (C=O) groups is 1. The van der Waals surface area contributed by atoms with Crippen LogP contribution in [0.4, 0.5) is 10.1 Å². The number of hydrogen-bond donors (Lipinski definition) is 1. The summed E-state index contributed by atoms with van der Waals surface area (Å²) in [6, 6.07) is 9.37. The van der Waals surface area contributed by atoms with Crippen molar-refractivity contribution >= 4 is 21.6 Å². The molecule has 0 aromatic heterocycles. The minimum atomic E-state index is -3.97. The fourth-order valence-corrected chi connectivity index (χ4v) is 5.28. The average Bonchev–Trinajstić information content (AvgIpc) is 2.74. The molecule has 1 fully saturated rings. The number of benzene rings is 2. The predicted octanol–water partition coefficient (Wildman–Crippen LogP) is 4.38. The second kappa shape index (κ2) is 9.05.